The quantitative estimate of drug-likeness (QED) is 0.168. The minimum absolute atomic E-state index is 1.06. The van der Waals surface area contributed by atoms with Crippen molar-refractivity contribution in [1.82, 2.24) is 27.1 Å². The van der Waals surface area contributed by atoms with Crippen LogP contribution in [0.15, 0.2) is 267 Å². The third-order valence-corrected chi connectivity index (χ3v) is 17.0. The summed E-state index contributed by atoms with van der Waals surface area (Å²) in [6.45, 7) is 0. The minimum atomic E-state index is 1.06. The van der Waals surface area contributed by atoms with Crippen LogP contribution in [0.5, 0.6) is 0 Å². The molecule has 6 heteroatoms. The predicted octanol–water partition coefficient (Wildman–Crippen LogP) is 18.6. The van der Waals surface area contributed by atoms with Crippen LogP contribution in [0.1, 0.15) is 0 Å². The highest BCUT2D eigenvalue weighted by molar-refractivity contribution is 6.21. The fourth-order valence-electron chi connectivity index (χ4n) is 13.8. The van der Waals surface area contributed by atoms with Crippen LogP contribution in [0.3, 0.4) is 0 Å². The van der Waals surface area contributed by atoms with Gasteiger partial charge in [-0.25, -0.2) is 0 Å². The fourth-order valence-corrected chi connectivity index (χ4v) is 13.8. The van der Waals surface area contributed by atoms with E-state index in [0.717, 1.165) is 66.9 Å². The normalized spacial score (nSPS) is 12.4. The third kappa shape index (κ3) is 5.49. The average Bonchev–Trinajstić information content (AvgIpc) is 4.47. The van der Waals surface area contributed by atoms with Crippen molar-refractivity contribution in [2.75, 3.05) is 0 Å². The van der Waals surface area contributed by atoms with Crippen molar-refractivity contribution in [3.8, 4) is 22.7 Å². The van der Waals surface area contributed by atoms with Gasteiger partial charge < -0.3 is 27.1 Å². The summed E-state index contributed by atoms with van der Waals surface area (Å²) >= 11 is 0. The molecule has 6 nitrogen and oxygen atoms in total. The number of benzene rings is 12. The third-order valence-electron chi connectivity index (χ3n) is 17.0. The van der Waals surface area contributed by atoms with Crippen LogP contribution in [0.25, 0.3) is 154 Å². The predicted molar refractivity (Wildman–Crippen MR) is 327 cm³/mol. The van der Waals surface area contributed by atoms with E-state index in [1.54, 1.807) is 0 Å². The smallest absolute Gasteiger partial charge is 0.0783 e. The molecule has 0 saturated carbocycles. The molecule has 6 aromatic heterocycles. The molecule has 0 aliphatic heterocycles. The molecule has 0 unspecified atom stereocenters. The van der Waals surface area contributed by atoms with Crippen molar-refractivity contribution in [2.24, 2.45) is 0 Å². The summed E-state index contributed by atoms with van der Waals surface area (Å²) in [5.41, 5.74) is 20.6. The Balaban J connectivity index is 0.995. The second kappa shape index (κ2) is 15.5. The summed E-state index contributed by atoms with van der Waals surface area (Å²) in [6.07, 6.45) is 0. The van der Waals surface area contributed by atoms with Crippen molar-refractivity contribution in [2.45, 2.75) is 0 Å². The van der Waals surface area contributed by atoms with E-state index < -0.39 is 0 Å². The molecule has 0 saturated heterocycles. The SMILES string of the molecule is c1ccc2c(c1)c1ccccc1n2-c1ccc(-n2c3ccccc3n3c4ccc(-n5c6ccccc6c6ccccc65)cc4c4cccc(c43)n3c4ccc(-n5c6ccccc6c6ccccc65)cc4c4cccc2c43)cc1. The van der Waals surface area contributed by atoms with Gasteiger partial charge in [0.05, 0.1) is 77.2 Å². The van der Waals surface area contributed by atoms with E-state index in [4.69, 9.17) is 0 Å². The van der Waals surface area contributed by atoms with Gasteiger partial charge in [-0.05, 0) is 121 Å². The van der Waals surface area contributed by atoms with Gasteiger partial charge in [0.2, 0.25) is 0 Å². The van der Waals surface area contributed by atoms with Crippen LogP contribution in [-0.2, 0) is 0 Å². The first-order chi connectivity index (χ1) is 38.7. The molecule has 12 aromatic carbocycles. The molecule has 0 aliphatic carbocycles. The molecule has 18 rings (SSSR count). The topological polar surface area (TPSA) is 28.5 Å². The maximum atomic E-state index is 2.56. The first kappa shape index (κ1) is 41.8. The Morgan fingerprint density at radius 1 is 0.154 bits per heavy atom. The number of hydrogen-bond donors (Lipinski definition) is 0. The summed E-state index contributed by atoms with van der Waals surface area (Å²) in [7, 11) is 0. The van der Waals surface area contributed by atoms with E-state index in [-0.39, 0.29) is 0 Å². The molecule has 0 aliphatic rings. The summed E-state index contributed by atoms with van der Waals surface area (Å²) in [4.78, 5) is 0. The standard InChI is InChI=1S/C72H44N6/c1-7-25-59-49(17-1)50-18-2-8-26-60(50)73(59)45-35-37-46(38-36-45)74-67-31-13-14-32-68(67)77-65-41-39-47(75-61-27-9-3-19-51(61)52-20-4-10-28-62(52)75)43-57(65)56-24-16-34-70(72(56)77)78-66-42-40-48(44-58(66)55-23-15-33-69(74)71(55)78)76-63-29-11-5-21-53(63)54-22-6-12-30-64(54)76/h1-44H. The highest BCUT2D eigenvalue weighted by atomic mass is 15.1. The maximum Gasteiger partial charge on any atom is 0.0783 e. The summed E-state index contributed by atoms with van der Waals surface area (Å²) in [5.74, 6) is 0. The second-order valence-corrected chi connectivity index (χ2v) is 20.9. The van der Waals surface area contributed by atoms with Crippen LogP contribution in [0.2, 0.25) is 0 Å². The molecule has 0 N–H and O–H groups in total. The molecule has 362 valence electrons. The lowest BCUT2D eigenvalue weighted by Gasteiger charge is -2.15. The first-order valence-corrected chi connectivity index (χ1v) is 26.9. The molecular formula is C72H44N6. The maximum absolute atomic E-state index is 2.56. The van der Waals surface area contributed by atoms with Crippen molar-refractivity contribution in [3.63, 3.8) is 0 Å². The number of aromatic nitrogens is 6. The minimum Gasteiger partial charge on any atom is -0.309 e. The number of nitrogens with zero attached hydrogens (tertiary/aromatic N) is 6. The molecule has 6 heterocycles. The van der Waals surface area contributed by atoms with E-state index in [1.807, 2.05) is 0 Å². The molecule has 0 bridgehead atoms. The van der Waals surface area contributed by atoms with Crippen LogP contribution in [0.4, 0.5) is 0 Å². The Bertz CT molecular complexity index is 5470. The van der Waals surface area contributed by atoms with E-state index in [2.05, 4.69) is 294 Å². The molecule has 0 amide bonds. The zero-order valence-corrected chi connectivity index (χ0v) is 42.1. The van der Waals surface area contributed by atoms with E-state index in [9.17, 15) is 0 Å². The Morgan fingerprint density at radius 2 is 0.423 bits per heavy atom. The zero-order chi connectivity index (χ0) is 50.7. The van der Waals surface area contributed by atoms with Crippen LogP contribution in [0, 0.1) is 0 Å². The monoisotopic (exact) mass is 992 g/mol. The highest BCUT2D eigenvalue weighted by Gasteiger charge is 2.23. The van der Waals surface area contributed by atoms with Gasteiger partial charge in [-0.15, -0.1) is 0 Å². The molecule has 0 radical (unpaired) electrons. The molecule has 0 fully saturated rings. The molecule has 0 atom stereocenters. The number of hydrogen-bond acceptors (Lipinski definition) is 0. The van der Waals surface area contributed by atoms with Gasteiger partial charge in [-0.3, -0.25) is 0 Å². The van der Waals surface area contributed by atoms with E-state index >= 15 is 0 Å². The summed E-state index contributed by atoms with van der Waals surface area (Å²) in [6, 6.07) is 98.9. The van der Waals surface area contributed by atoms with Crippen molar-refractivity contribution in [1.29, 1.82) is 0 Å². The lowest BCUT2D eigenvalue weighted by molar-refractivity contribution is 1.13. The Morgan fingerprint density at radius 3 is 0.833 bits per heavy atom. The second-order valence-electron chi connectivity index (χ2n) is 20.9. The molecule has 78 heavy (non-hydrogen) atoms. The van der Waals surface area contributed by atoms with Crippen LogP contribution < -0.4 is 0 Å². The first-order valence-electron chi connectivity index (χ1n) is 26.9. The molecule has 0 spiro atoms. The Hall–Kier alpha value is -10.6. The van der Waals surface area contributed by atoms with E-state index in [0.29, 0.717) is 0 Å². The molecular weight excluding hydrogens is 949 g/mol. The lowest BCUT2D eigenvalue weighted by Crippen LogP contribution is -2.01. The lowest BCUT2D eigenvalue weighted by atomic mass is 10.1. The van der Waals surface area contributed by atoms with Crippen molar-refractivity contribution >= 4 is 131 Å². The van der Waals surface area contributed by atoms with Crippen LogP contribution >= 0.6 is 0 Å². The van der Waals surface area contributed by atoms with E-state index in [1.165, 1.54) is 87.0 Å². The largest absolute Gasteiger partial charge is 0.309 e. The van der Waals surface area contributed by atoms with Gasteiger partial charge >= 0.3 is 0 Å². The zero-order valence-electron chi connectivity index (χ0n) is 42.1. The van der Waals surface area contributed by atoms with Gasteiger partial charge in [0, 0.05) is 76.6 Å². The number of rotatable bonds is 4. The van der Waals surface area contributed by atoms with Gasteiger partial charge in [-0.1, -0.05) is 146 Å². The summed E-state index contributed by atoms with van der Waals surface area (Å²) < 4.78 is 14.9. The fraction of sp³-hybridized carbons (Fsp3) is 0. The Labute approximate surface area is 445 Å². The van der Waals surface area contributed by atoms with Crippen molar-refractivity contribution < 1.29 is 0 Å². The highest BCUT2D eigenvalue weighted by Crippen LogP contribution is 2.43. The van der Waals surface area contributed by atoms with Gasteiger partial charge in [0.25, 0.3) is 0 Å². The van der Waals surface area contributed by atoms with Gasteiger partial charge in [0.1, 0.15) is 0 Å². The van der Waals surface area contributed by atoms with Crippen molar-refractivity contribution in [3.05, 3.63) is 267 Å². The molecule has 18 aromatic rings. The van der Waals surface area contributed by atoms with Gasteiger partial charge in [0.15, 0.2) is 0 Å². The number of para-hydroxylation sites is 10. The summed E-state index contributed by atoms with van der Waals surface area (Å²) in [5, 5.41) is 12.3. The number of fused-ring (bicyclic) bond motifs is 18. The van der Waals surface area contributed by atoms with Crippen LogP contribution in [-0.4, -0.2) is 27.1 Å². The van der Waals surface area contributed by atoms with Gasteiger partial charge in [-0.2, -0.15) is 0 Å². The average molecular weight is 993 g/mol. The Kier molecular flexibility index (Phi) is 8.30.